The van der Waals surface area contributed by atoms with Crippen molar-refractivity contribution in [2.24, 2.45) is 0 Å². The first-order valence-electron chi connectivity index (χ1n) is 5.47. The van der Waals surface area contributed by atoms with Gasteiger partial charge in [-0.05, 0) is 12.5 Å². The van der Waals surface area contributed by atoms with Crippen LogP contribution in [0, 0.1) is 6.08 Å². The molecular weight excluding hydrogens is 331 g/mol. The summed E-state index contributed by atoms with van der Waals surface area (Å²) >= 11 is 0. The second kappa shape index (κ2) is 14.7. The molecule has 0 fully saturated rings. The second-order valence-electron chi connectivity index (χ2n) is 3.46. The van der Waals surface area contributed by atoms with E-state index in [0.717, 1.165) is 12.0 Å². The summed E-state index contributed by atoms with van der Waals surface area (Å²) in [5, 5.41) is 9.55. The van der Waals surface area contributed by atoms with Gasteiger partial charge in [-0.2, -0.15) is 6.08 Å². The van der Waals surface area contributed by atoms with Crippen molar-refractivity contribution in [1.82, 2.24) is 0 Å². The van der Waals surface area contributed by atoms with Gasteiger partial charge < -0.3 is 34.7 Å². The molecule has 0 spiro atoms. The minimum atomic E-state index is 0. The van der Waals surface area contributed by atoms with Gasteiger partial charge in [-0.15, -0.1) is 13.0 Å². The number of benzene rings is 1. The first-order chi connectivity index (χ1) is 8.29. The first-order valence-corrected chi connectivity index (χ1v) is 5.47. The summed E-state index contributed by atoms with van der Waals surface area (Å²) in [7, 11) is 1.53. The summed E-state index contributed by atoms with van der Waals surface area (Å²) in [6.07, 6.45) is 12.4. The van der Waals surface area contributed by atoms with E-state index in [-0.39, 0.29) is 52.3 Å². The van der Waals surface area contributed by atoms with Crippen molar-refractivity contribution in [2.45, 2.75) is 12.8 Å². The van der Waals surface area contributed by atoms with Crippen molar-refractivity contribution in [3.8, 4) is 11.5 Å². The summed E-state index contributed by atoms with van der Waals surface area (Å²) in [6, 6.07) is 5.42. The molecule has 0 saturated heterocycles. The Morgan fingerprint density at radius 3 is 2.50 bits per heavy atom. The topological polar surface area (TPSA) is 29.5 Å². The summed E-state index contributed by atoms with van der Waals surface area (Å²) in [5.41, 5.74) is 0.837. The fourth-order valence-corrected chi connectivity index (χ4v) is 1.39. The molecule has 0 aliphatic heterocycles. The average Bonchev–Trinajstić information content (AvgIpc) is 2.91. The summed E-state index contributed by atoms with van der Waals surface area (Å²) in [6.45, 7) is 3.60. The van der Waals surface area contributed by atoms with Gasteiger partial charge in [0.05, 0.1) is 7.11 Å². The Labute approximate surface area is 148 Å². The number of ether oxygens (including phenoxy) is 1. The number of allylic oxidation sites excluding steroid dienone is 5. The molecule has 1 radical (unpaired) electrons. The molecule has 0 aromatic heterocycles. The van der Waals surface area contributed by atoms with Crippen LogP contribution >= 0.6 is 0 Å². The Balaban J connectivity index is -0.000000312. The Kier molecular flexibility index (Phi) is 17.9. The second-order valence-corrected chi connectivity index (χ2v) is 3.46. The van der Waals surface area contributed by atoms with E-state index in [4.69, 9.17) is 4.74 Å². The van der Waals surface area contributed by atoms with Crippen molar-refractivity contribution < 1.29 is 56.4 Å². The number of para-hydroxylation sites is 1. The van der Waals surface area contributed by atoms with Gasteiger partial charge in [0.2, 0.25) is 0 Å². The molecule has 1 aliphatic rings. The minimum absolute atomic E-state index is 0. The van der Waals surface area contributed by atoms with Crippen molar-refractivity contribution in [2.75, 3.05) is 7.11 Å². The number of phenolic OH excluding ortho intramolecular Hbond substituents is 1. The zero-order chi connectivity index (χ0) is 12.5. The summed E-state index contributed by atoms with van der Waals surface area (Å²) in [5.74, 6) is 0.717. The van der Waals surface area contributed by atoms with Crippen LogP contribution in [0.4, 0.5) is 0 Å². The Bertz CT molecular complexity index is 422. The van der Waals surface area contributed by atoms with Gasteiger partial charge in [-0.3, -0.25) is 6.08 Å². The number of rotatable bonds is 3. The number of phenols is 1. The number of aromatic hydroxyl groups is 1. The van der Waals surface area contributed by atoms with E-state index in [1.165, 1.54) is 7.11 Å². The van der Waals surface area contributed by atoms with Gasteiger partial charge in [0, 0.05) is 5.56 Å². The summed E-state index contributed by atoms with van der Waals surface area (Å²) in [4.78, 5) is 0. The standard InChI is InChI=1S/C10H12O2.C5H5.2ClH.Ti/c1-3-5-8-6-4-7-9(12-2)10(8)11;1-2-4-5-3-1;;;/h3-4,6-7,11H,1,5H2,2H3;1-3H,4H2;2*1H;/q;-1;;;+3/p-2. The van der Waals surface area contributed by atoms with Crippen LogP contribution in [0.5, 0.6) is 11.5 Å². The van der Waals surface area contributed by atoms with Gasteiger partial charge in [0.25, 0.3) is 0 Å². The van der Waals surface area contributed by atoms with Crippen molar-refractivity contribution in [3.05, 3.63) is 60.7 Å². The smallest absolute Gasteiger partial charge is 1.00 e. The van der Waals surface area contributed by atoms with Gasteiger partial charge in [0.15, 0.2) is 11.5 Å². The van der Waals surface area contributed by atoms with Gasteiger partial charge in [-0.25, -0.2) is 12.2 Å². The van der Waals surface area contributed by atoms with E-state index < -0.39 is 0 Å². The molecule has 0 saturated carbocycles. The van der Waals surface area contributed by atoms with Crippen LogP contribution in [0.2, 0.25) is 0 Å². The maximum atomic E-state index is 9.55. The molecule has 20 heavy (non-hydrogen) atoms. The summed E-state index contributed by atoms with van der Waals surface area (Å²) < 4.78 is 4.95. The predicted molar refractivity (Wildman–Crippen MR) is 70.1 cm³/mol. The largest absolute Gasteiger partial charge is 3.00 e. The minimum Gasteiger partial charge on any atom is -1.00 e. The van der Waals surface area contributed by atoms with Crippen molar-refractivity contribution in [3.63, 3.8) is 0 Å². The predicted octanol–water partition coefficient (Wildman–Crippen LogP) is -2.56. The molecule has 0 amide bonds. The van der Waals surface area contributed by atoms with Crippen LogP contribution < -0.4 is 29.6 Å². The van der Waals surface area contributed by atoms with Crippen LogP contribution in [0.3, 0.4) is 0 Å². The van der Waals surface area contributed by atoms with Crippen LogP contribution in [0.25, 0.3) is 0 Å². The Morgan fingerprint density at radius 1 is 1.40 bits per heavy atom. The third kappa shape index (κ3) is 8.49. The van der Waals surface area contributed by atoms with E-state index in [9.17, 15) is 5.11 Å². The molecule has 5 heteroatoms. The fourth-order valence-electron chi connectivity index (χ4n) is 1.39. The third-order valence-electron chi connectivity index (χ3n) is 2.25. The normalized spacial score (nSPS) is 10.1. The fraction of sp³-hybridized carbons (Fsp3) is 0.200. The molecule has 1 aromatic carbocycles. The van der Waals surface area contributed by atoms with Crippen LogP contribution in [-0.4, -0.2) is 12.2 Å². The van der Waals surface area contributed by atoms with E-state index >= 15 is 0 Å². The van der Waals surface area contributed by atoms with Crippen molar-refractivity contribution in [1.29, 1.82) is 0 Å². The van der Waals surface area contributed by atoms with E-state index in [1.807, 2.05) is 24.3 Å². The molecule has 0 bridgehead atoms. The van der Waals surface area contributed by atoms with Crippen LogP contribution in [0.15, 0.2) is 49.1 Å². The quantitative estimate of drug-likeness (QED) is 0.370. The Morgan fingerprint density at radius 2 is 2.10 bits per heavy atom. The molecule has 0 unspecified atom stereocenters. The van der Waals surface area contributed by atoms with Crippen LogP contribution in [-0.2, 0) is 28.1 Å². The zero-order valence-corrected chi connectivity index (χ0v) is 14.3. The van der Waals surface area contributed by atoms with Crippen molar-refractivity contribution >= 4 is 0 Å². The number of halogens is 2. The average molecular weight is 348 g/mol. The van der Waals surface area contributed by atoms with Gasteiger partial charge in [-0.1, -0.05) is 18.2 Å². The van der Waals surface area contributed by atoms with Gasteiger partial charge in [0.1, 0.15) is 0 Å². The molecule has 2 nitrogen and oxygen atoms in total. The molecule has 1 aliphatic carbocycles. The SMILES string of the molecule is C=CCc1cccc(OC)c1O.[C-]1=CC=CC1.[Cl-].[Cl-].[Ti+3]. The Hall–Kier alpha value is -0.666. The molecule has 107 valence electrons. The number of hydrogen-bond donors (Lipinski definition) is 1. The third-order valence-corrected chi connectivity index (χ3v) is 2.25. The van der Waals surface area contributed by atoms with E-state index in [0.29, 0.717) is 12.2 Å². The van der Waals surface area contributed by atoms with E-state index in [2.05, 4.69) is 18.7 Å². The molecule has 2 rings (SSSR count). The first kappa shape index (κ1) is 24.4. The maximum absolute atomic E-state index is 9.55. The molecular formula is C15H17Cl2O2Ti. The van der Waals surface area contributed by atoms with Gasteiger partial charge >= 0.3 is 21.7 Å². The van der Waals surface area contributed by atoms with Crippen LogP contribution in [0.1, 0.15) is 12.0 Å². The number of hydrogen-bond acceptors (Lipinski definition) is 2. The van der Waals surface area contributed by atoms with E-state index in [1.54, 1.807) is 12.1 Å². The molecule has 1 N–H and O–H groups in total. The number of methoxy groups -OCH3 is 1. The molecule has 1 aromatic rings. The molecule has 0 heterocycles. The zero-order valence-electron chi connectivity index (χ0n) is 11.3. The maximum Gasteiger partial charge on any atom is 3.00 e. The monoisotopic (exact) mass is 347 g/mol. The molecule has 0 atom stereocenters.